The predicted octanol–water partition coefficient (Wildman–Crippen LogP) is 10.8. The van der Waals surface area contributed by atoms with Gasteiger partial charge in [0.25, 0.3) is 0 Å². The lowest BCUT2D eigenvalue weighted by Gasteiger charge is -2.17. The Balaban J connectivity index is 1.52. The van der Waals surface area contributed by atoms with E-state index < -0.39 is 0 Å². The van der Waals surface area contributed by atoms with Crippen LogP contribution in [0, 0.1) is 0 Å². The summed E-state index contributed by atoms with van der Waals surface area (Å²) < 4.78 is 2.67. The van der Waals surface area contributed by atoms with Gasteiger partial charge in [0.1, 0.15) is 0 Å². The number of hydrogen-bond donors (Lipinski definition) is 0. The van der Waals surface area contributed by atoms with Gasteiger partial charge in [0, 0.05) is 20.2 Å². The Morgan fingerprint density at radius 2 is 0.676 bits per heavy atom. The first-order valence-electron chi connectivity index (χ1n) is 12.7. The van der Waals surface area contributed by atoms with Crippen LogP contribution in [0.4, 0.5) is 0 Å². The van der Waals surface area contributed by atoms with Crippen molar-refractivity contribution in [1.82, 2.24) is 0 Å². The molecule has 0 unspecified atom stereocenters. The van der Waals surface area contributed by atoms with Crippen molar-refractivity contribution in [3.05, 3.63) is 133 Å². The summed E-state index contributed by atoms with van der Waals surface area (Å²) in [6.45, 7) is 0. The average Bonchev–Trinajstić information content (AvgIpc) is 3.36. The summed E-state index contributed by atoms with van der Waals surface area (Å²) in [6.07, 6.45) is 0. The third-order valence-corrected chi connectivity index (χ3v) is 8.81. The van der Waals surface area contributed by atoms with Crippen molar-refractivity contribution in [1.29, 1.82) is 0 Å². The first kappa shape index (κ1) is 20.7. The molecule has 172 valence electrons. The molecule has 0 aliphatic heterocycles. The monoisotopic (exact) mass is 486 g/mol. The van der Waals surface area contributed by atoms with Crippen LogP contribution in [0.3, 0.4) is 0 Å². The minimum atomic E-state index is 1.27. The molecule has 0 atom stereocenters. The fourth-order valence-corrected chi connectivity index (χ4v) is 7.26. The zero-order valence-corrected chi connectivity index (χ0v) is 20.9. The molecule has 0 amide bonds. The molecule has 0 nitrogen and oxygen atoms in total. The van der Waals surface area contributed by atoms with Crippen molar-refractivity contribution >= 4 is 63.8 Å². The Bertz CT molecular complexity index is 2100. The Hall–Kier alpha value is -4.46. The molecule has 8 aromatic rings. The van der Waals surface area contributed by atoms with Gasteiger partial charge in [-0.15, -0.1) is 11.3 Å². The van der Waals surface area contributed by atoms with Crippen molar-refractivity contribution in [3.8, 4) is 22.3 Å². The molecule has 8 rings (SSSR count). The van der Waals surface area contributed by atoms with Crippen molar-refractivity contribution < 1.29 is 0 Å². The highest BCUT2D eigenvalue weighted by molar-refractivity contribution is 7.25. The van der Waals surface area contributed by atoms with Gasteiger partial charge in [-0.25, -0.2) is 0 Å². The molecule has 0 saturated heterocycles. The molecule has 1 aromatic heterocycles. The zero-order chi connectivity index (χ0) is 24.3. The molecule has 0 radical (unpaired) electrons. The van der Waals surface area contributed by atoms with Gasteiger partial charge in [0.05, 0.1) is 0 Å². The molecular formula is C36H22S. The highest BCUT2D eigenvalue weighted by atomic mass is 32.1. The minimum Gasteiger partial charge on any atom is -0.135 e. The van der Waals surface area contributed by atoms with Crippen LogP contribution in [0.1, 0.15) is 0 Å². The largest absolute Gasteiger partial charge is 0.135 e. The molecule has 0 N–H and O–H groups in total. The number of benzene rings is 7. The van der Waals surface area contributed by atoms with E-state index in [-0.39, 0.29) is 0 Å². The summed E-state index contributed by atoms with van der Waals surface area (Å²) in [6, 6.07) is 48.9. The lowest BCUT2D eigenvalue weighted by atomic mass is 9.86. The summed E-state index contributed by atoms with van der Waals surface area (Å²) in [4.78, 5) is 0. The van der Waals surface area contributed by atoms with Gasteiger partial charge in [0.15, 0.2) is 0 Å². The van der Waals surface area contributed by atoms with Gasteiger partial charge in [-0.05, 0) is 66.7 Å². The molecule has 0 saturated carbocycles. The molecule has 0 fully saturated rings. The summed E-state index contributed by atoms with van der Waals surface area (Å²) >= 11 is 1.88. The first-order valence-corrected chi connectivity index (χ1v) is 13.5. The van der Waals surface area contributed by atoms with Gasteiger partial charge in [0.2, 0.25) is 0 Å². The zero-order valence-electron chi connectivity index (χ0n) is 20.1. The Labute approximate surface area is 219 Å². The molecule has 1 heteroatoms. The highest BCUT2D eigenvalue weighted by Gasteiger charge is 2.17. The van der Waals surface area contributed by atoms with Gasteiger partial charge in [-0.2, -0.15) is 0 Å². The van der Waals surface area contributed by atoms with E-state index >= 15 is 0 Å². The fourth-order valence-electron chi connectivity index (χ4n) is 6.13. The van der Waals surface area contributed by atoms with Crippen LogP contribution in [-0.4, -0.2) is 0 Å². The first-order chi connectivity index (χ1) is 18.4. The predicted molar refractivity (Wildman–Crippen MR) is 163 cm³/mol. The summed E-state index contributed by atoms with van der Waals surface area (Å²) in [5.41, 5.74) is 5.14. The number of fused-ring (bicyclic) bond motifs is 9. The van der Waals surface area contributed by atoms with E-state index in [1.165, 1.54) is 74.7 Å². The molecule has 0 spiro atoms. The Morgan fingerprint density at radius 3 is 1.35 bits per heavy atom. The molecular weight excluding hydrogens is 464 g/mol. The maximum absolute atomic E-state index is 2.30. The normalized spacial score (nSPS) is 11.8. The van der Waals surface area contributed by atoms with Crippen molar-refractivity contribution in [2.24, 2.45) is 0 Å². The van der Waals surface area contributed by atoms with E-state index in [0.717, 1.165) is 0 Å². The van der Waals surface area contributed by atoms with Crippen molar-refractivity contribution in [3.63, 3.8) is 0 Å². The molecule has 7 aromatic carbocycles. The molecule has 1 heterocycles. The smallest absolute Gasteiger partial charge is 0.0361 e. The summed E-state index contributed by atoms with van der Waals surface area (Å²) in [5, 5.41) is 10.6. The molecule has 0 bridgehead atoms. The fraction of sp³-hybridized carbons (Fsp3) is 0. The lowest BCUT2D eigenvalue weighted by molar-refractivity contribution is 1.64. The molecule has 0 aliphatic carbocycles. The second-order valence-corrected chi connectivity index (χ2v) is 10.7. The Morgan fingerprint density at radius 1 is 0.270 bits per heavy atom. The van der Waals surface area contributed by atoms with Crippen LogP contribution >= 0.6 is 11.3 Å². The van der Waals surface area contributed by atoms with Crippen LogP contribution in [0.15, 0.2) is 133 Å². The molecule has 0 aliphatic rings. The topological polar surface area (TPSA) is 0 Å². The van der Waals surface area contributed by atoms with Crippen molar-refractivity contribution in [2.75, 3.05) is 0 Å². The number of thiophene rings is 1. The maximum Gasteiger partial charge on any atom is 0.0361 e. The minimum absolute atomic E-state index is 1.27. The number of rotatable bonds is 2. The van der Waals surface area contributed by atoms with Crippen LogP contribution in [0.5, 0.6) is 0 Å². The second-order valence-electron chi connectivity index (χ2n) is 9.64. The van der Waals surface area contributed by atoms with Crippen LogP contribution in [-0.2, 0) is 0 Å². The van der Waals surface area contributed by atoms with E-state index in [2.05, 4.69) is 133 Å². The van der Waals surface area contributed by atoms with Gasteiger partial charge >= 0.3 is 0 Å². The average molecular weight is 487 g/mol. The lowest BCUT2D eigenvalue weighted by Crippen LogP contribution is -1.90. The third kappa shape index (κ3) is 3.02. The third-order valence-electron chi connectivity index (χ3n) is 7.68. The van der Waals surface area contributed by atoms with Gasteiger partial charge in [-0.1, -0.05) is 121 Å². The second kappa shape index (κ2) is 8.03. The van der Waals surface area contributed by atoms with E-state index in [1.807, 2.05) is 11.3 Å². The van der Waals surface area contributed by atoms with Crippen molar-refractivity contribution in [2.45, 2.75) is 0 Å². The van der Waals surface area contributed by atoms with Crippen LogP contribution in [0.25, 0.3) is 74.7 Å². The van der Waals surface area contributed by atoms with E-state index in [0.29, 0.717) is 0 Å². The SMILES string of the molecule is c1ccc(-c2cccc3c4ccccc4c4ccccc4c23)c(-c2cccc3sc4ccccc4c23)c1. The van der Waals surface area contributed by atoms with Gasteiger partial charge in [-0.3, -0.25) is 0 Å². The Kier molecular flexibility index (Phi) is 4.49. The maximum atomic E-state index is 2.30. The van der Waals surface area contributed by atoms with E-state index in [9.17, 15) is 0 Å². The molecule has 37 heavy (non-hydrogen) atoms. The van der Waals surface area contributed by atoms with Crippen LogP contribution in [0.2, 0.25) is 0 Å². The van der Waals surface area contributed by atoms with E-state index in [1.54, 1.807) is 0 Å². The summed E-state index contributed by atoms with van der Waals surface area (Å²) in [5.74, 6) is 0. The number of hydrogen-bond acceptors (Lipinski definition) is 1. The van der Waals surface area contributed by atoms with Crippen LogP contribution < -0.4 is 0 Å². The van der Waals surface area contributed by atoms with Gasteiger partial charge < -0.3 is 0 Å². The quantitative estimate of drug-likeness (QED) is 0.213. The standard InChI is InChI=1S/C36H22S/c1-2-12-25-23(11-1)24-13-5-6-16-28(24)35-29(25)18-9-19-30(35)26-14-3-4-15-27(26)31-20-10-22-34-36(31)32-17-7-8-21-33(32)37-34/h1-22H. The highest BCUT2D eigenvalue weighted by Crippen LogP contribution is 2.45. The van der Waals surface area contributed by atoms with E-state index in [4.69, 9.17) is 0 Å². The summed E-state index contributed by atoms with van der Waals surface area (Å²) in [7, 11) is 0.